The van der Waals surface area contributed by atoms with E-state index in [9.17, 15) is 0 Å². The topological polar surface area (TPSA) is 0 Å². The van der Waals surface area contributed by atoms with Gasteiger partial charge in [0, 0.05) is 0 Å². The third kappa shape index (κ3) is 6.10. The van der Waals surface area contributed by atoms with Gasteiger partial charge in [-0.2, -0.15) is 0 Å². The first-order valence-corrected chi connectivity index (χ1v) is 10.3. The summed E-state index contributed by atoms with van der Waals surface area (Å²) in [6, 6.07) is 0. The van der Waals surface area contributed by atoms with Crippen molar-refractivity contribution in [2.75, 3.05) is 5.75 Å². The van der Waals surface area contributed by atoms with Gasteiger partial charge in [0.15, 0.2) is 0 Å². The van der Waals surface area contributed by atoms with Crippen LogP contribution in [0.15, 0.2) is 45.4 Å². The molecular formula is C20H29Cl2STi. The van der Waals surface area contributed by atoms with Crippen molar-refractivity contribution in [1.29, 1.82) is 0 Å². The minimum Gasteiger partial charge on any atom is -1.00 e. The summed E-state index contributed by atoms with van der Waals surface area (Å²) >= 11 is 4.51. The van der Waals surface area contributed by atoms with Crippen molar-refractivity contribution >= 4 is 11.8 Å². The van der Waals surface area contributed by atoms with Gasteiger partial charge < -0.3 is 24.8 Å². The van der Waals surface area contributed by atoms with Crippen LogP contribution in [-0.2, 0) is 20.4 Å². The average molecular weight is 420 g/mol. The third-order valence-electron chi connectivity index (χ3n) is 4.53. The number of unbranched alkanes of at least 4 members (excludes halogenated alkanes) is 1. The molecular weight excluding hydrogens is 391 g/mol. The maximum absolute atomic E-state index is 2.40. The molecule has 0 saturated carbocycles. The molecule has 0 nitrogen and oxygen atoms in total. The summed E-state index contributed by atoms with van der Waals surface area (Å²) in [5.41, 5.74) is 3.44. The molecule has 0 aromatic rings. The minimum absolute atomic E-state index is 0. The number of hydrogen-bond donors (Lipinski definition) is 0. The summed E-state index contributed by atoms with van der Waals surface area (Å²) in [4.78, 5) is 0. The van der Waals surface area contributed by atoms with Crippen LogP contribution in [0.2, 0.25) is 0 Å². The third-order valence-corrected chi connectivity index (χ3v) is 6.92. The summed E-state index contributed by atoms with van der Waals surface area (Å²) in [7, 11) is 0. The van der Waals surface area contributed by atoms with Gasteiger partial charge in [0.1, 0.15) is 0 Å². The van der Waals surface area contributed by atoms with Crippen molar-refractivity contribution in [2.24, 2.45) is 5.41 Å². The van der Waals surface area contributed by atoms with Gasteiger partial charge >= 0.3 is 153 Å². The molecule has 133 valence electrons. The Balaban J connectivity index is 0.00000264. The second kappa shape index (κ2) is 10.7. The predicted octanol–water partition coefficient (Wildman–Crippen LogP) is 0.350. The first-order valence-electron chi connectivity index (χ1n) is 8.51. The van der Waals surface area contributed by atoms with E-state index in [0.717, 1.165) is 6.42 Å². The van der Waals surface area contributed by atoms with Crippen molar-refractivity contribution in [1.82, 2.24) is 0 Å². The standard InChI is InChI=1S/C20H29S.2ClH.Ti/c1-5-6-15-21-20(16-17-11-7-8-12-17)14-10-9-13-18(20)19(2,3)4;;;/h7,9-11,13H,5-6,8,14-16H2,1-4H3;2*1H;/q;;;+2/p-2. The van der Waals surface area contributed by atoms with E-state index in [-0.39, 0.29) is 35.0 Å². The van der Waals surface area contributed by atoms with E-state index in [2.05, 4.69) is 90.3 Å². The zero-order chi connectivity index (χ0) is 16.2. The summed E-state index contributed by atoms with van der Waals surface area (Å²) in [5, 5.41) is 0. The van der Waals surface area contributed by atoms with E-state index < -0.39 is 0 Å². The van der Waals surface area contributed by atoms with E-state index >= 15 is 0 Å². The van der Waals surface area contributed by atoms with Gasteiger partial charge in [0.25, 0.3) is 0 Å². The van der Waals surface area contributed by atoms with Crippen LogP contribution in [-0.4, -0.2) is 10.5 Å². The summed E-state index contributed by atoms with van der Waals surface area (Å²) in [5.74, 6) is 1.27. The van der Waals surface area contributed by atoms with Gasteiger partial charge in [-0.05, 0) is 0 Å². The number of halogens is 2. The Bertz CT molecular complexity index is 526. The molecule has 0 heterocycles. The first-order chi connectivity index (χ1) is 10.4. The quantitative estimate of drug-likeness (QED) is 0.442. The predicted molar refractivity (Wildman–Crippen MR) is 96.8 cm³/mol. The fourth-order valence-electron chi connectivity index (χ4n) is 3.41. The molecule has 2 rings (SSSR count). The molecule has 24 heavy (non-hydrogen) atoms. The van der Waals surface area contributed by atoms with Crippen LogP contribution in [0.5, 0.6) is 0 Å². The zero-order valence-corrected chi connectivity index (χ0v) is 19.2. The van der Waals surface area contributed by atoms with Crippen molar-refractivity contribution in [3.8, 4) is 0 Å². The monoisotopic (exact) mass is 419 g/mol. The van der Waals surface area contributed by atoms with Crippen molar-refractivity contribution in [3.05, 3.63) is 45.4 Å². The minimum atomic E-state index is 0. The Morgan fingerprint density at radius 2 is 1.92 bits per heavy atom. The van der Waals surface area contributed by atoms with Gasteiger partial charge in [-0.15, -0.1) is 0 Å². The second-order valence-electron chi connectivity index (χ2n) is 7.45. The van der Waals surface area contributed by atoms with Crippen LogP contribution in [0.25, 0.3) is 0 Å². The Labute approximate surface area is 177 Å². The fraction of sp³-hybridized carbons (Fsp3) is 0.600. The smallest absolute Gasteiger partial charge is 1.00 e. The normalized spacial score (nSPS) is 23.0. The van der Waals surface area contributed by atoms with Gasteiger partial charge in [-0.1, -0.05) is 0 Å². The number of rotatable bonds is 6. The molecule has 2 aliphatic carbocycles. The molecule has 0 aliphatic heterocycles. The molecule has 1 unspecified atom stereocenters. The maximum atomic E-state index is 2.40. The van der Waals surface area contributed by atoms with Gasteiger partial charge in [-0.25, -0.2) is 0 Å². The molecule has 0 radical (unpaired) electrons. The van der Waals surface area contributed by atoms with Crippen LogP contribution >= 0.6 is 11.8 Å². The SMILES string of the molecule is CCCCSC1(CC2=[C]([Ti+2])CC=C2)CC=CC=C1C(C)(C)C.[Cl-].[Cl-]. The van der Waals surface area contributed by atoms with Gasteiger partial charge in [-0.3, -0.25) is 0 Å². The summed E-state index contributed by atoms with van der Waals surface area (Å²) in [6.07, 6.45) is 17.9. The maximum Gasteiger partial charge on any atom is -1.00 e. The van der Waals surface area contributed by atoms with Crippen molar-refractivity contribution < 1.29 is 45.2 Å². The molecule has 0 amide bonds. The molecule has 0 fully saturated rings. The largest absolute Gasteiger partial charge is 1.00 e. The Morgan fingerprint density at radius 1 is 1.21 bits per heavy atom. The Morgan fingerprint density at radius 3 is 2.46 bits per heavy atom. The number of thioether (sulfide) groups is 1. The van der Waals surface area contributed by atoms with Crippen LogP contribution in [0, 0.1) is 5.41 Å². The van der Waals surface area contributed by atoms with Crippen LogP contribution < -0.4 is 24.8 Å². The number of allylic oxidation sites excluding steroid dienone is 7. The van der Waals surface area contributed by atoms with E-state index in [0.29, 0.717) is 0 Å². The molecule has 0 N–H and O–H groups in total. The van der Waals surface area contributed by atoms with E-state index in [1.54, 1.807) is 15.0 Å². The van der Waals surface area contributed by atoms with Crippen molar-refractivity contribution in [2.45, 2.75) is 64.5 Å². The molecule has 0 bridgehead atoms. The summed E-state index contributed by atoms with van der Waals surface area (Å²) in [6.45, 7) is 9.41. The molecule has 0 spiro atoms. The van der Waals surface area contributed by atoms with Gasteiger partial charge in [0.2, 0.25) is 0 Å². The molecule has 1 atom stereocenters. The zero-order valence-electron chi connectivity index (χ0n) is 15.3. The van der Waals surface area contributed by atoms with Crippen LogP contribution in [0.4, 0.5) is 0 Å². The Kier molecular flexibility index (Phi) is 10.9. The van der Waals surface area contributed by atoms with Gasteiger partial charge in [0.05, 0.1) is 0 Å². The molecule has 4 heteroatoms. The van der Waals surface area contributed by atoms with Crippen LogP contribution in [0.1, 0.15) is 59.8 Å². The fourth-order valence-corrected chi connectivity index (χ4v) is 5.69. The molecule has 0 aromatic heterocycles. The Hall–Kier alpha value is 0.604. The van der Waals surface area contributed by atoms with E-state index in [1.165, 1.54) is 31.4 Å². The van der Waals surface area contributed by atoms with Crippen LogP contribution in [0.3, 0.4) is 0 Å². The first kappa shape index (κ1) is 24.6. The molecule has 0 aromatic carbocycles. The molecule has 0 saturated heterocycles. The average Bonchev–Trinajstić information content (AvgIpc) is 2.84. The molecule has 2 aliphatic rings. The van der Waals surface area contributed by atoms with E-state index in [1.807, 2.05) is 0 Å². The second-order valence-corrected chi connectivity index (χ2v) is 9.87. The van der Waals surface area contributed by atoms with E-state index in [4.69, 9.17) is 0 Å². The van der Waals surface area contributed by atoms with Crippen molar-refractivity contribution in [3.63, 3.8) is 0 Å². The number of hydrogen-bond acceptors (Lipinski definition) is 1. The summed E-state index contributed by atoms with van der Waals surface area (Å²) < 4.78 is 1.83.